The van der Waals surface area contributed by atoms with Crippen LogP contribution in [0, 0.1) is 0 Å². The van der Waals surface area contributed by atoms with Gasteiger partial charge in [0.05, 0.1) is 27.9 Å². The van der Waals surface area contributed by atoms with Gasteiger partial charge in [0.25, 0.3) is 0 Å². The molecule has 0 bridgehead atoms. The first-order chi connectivity index (χ1) is 13.6. The largest absolute Gasteiger partial charge is 0.496 e. The molecule has 1 aromatic heterocycles. The number of allylic oxidation sites excluding steroid dienone is 1. The highest BCUT2D eigenvalue weighted by Gasteiger charge is 2.14. The molecule has 0 aliphatic heterocycles. The molecule has 0 aliphatic carbocycles. The maximum Gasteiger partial charge on any atom is 0.221 e. The van der Waals surface area contributed by atoms with Crippen LogP contribution >= 0.6 is 0 Å². The summed E-state index contributed by atoms with van der Waals surface area (Å²) < 4.78 is 27.3. The zero-order valence-electron chi connectivity index (χ0n) is 16.3. The van der Waals surface area contributed by atoms with E-state index in [-0.39, 0.29) is 11.5 Å². The van der Waals surface area contributed by atoms with Crippen molar-refractivity contribution < 1.29 is 28.2 Å². The molecule has 0 saturated heterocycles. The van der Waals surface area contributed by atoms with Gasteiger partial charge in [-0.2, -0.15) is 0 Å². The smallest absolute Gasteiger partial charge is 0.221 e. The summed E-state index contributed by atoms with van der Waals surface area (Å²) in [4.78, 5) is 12.6. The Morgan fingerprint density at radius 3 is 2.36 bits per heavy atom. The van der Waals surface area contributed by atoms with Crippen LogP contribution in [0.4, 0.5) is 0 Å². The summed E-state index contributed by atoms with van der Waals surface area (Å²) in [6.07, 6.45) is 3.08. The molecule has 0 fully saturated rings. The third-order valence-corrected chi connectivity index (χ3v) is 4.20. The van der Waals surface area contributed by atoms with Crippen molar-refractivity contribution in [3.63, 3.8) is 0 Å². The minimum Gasteiger partial charge on any atom is -0.496 e. The van der Waals surface area contributed by atoms with Crippen molar-refractivity contribution in [2.45, 2.75) is 6.92 Å². The molecule has 0 atom stereocenters. The van der Waals surface area contributed by atoms with Crippen molar-refractivity contribution in [1.82, 2.24) is 0 Å². The van der Waals surface area contributed by atoms with Crippen LogP contribution in [0.15, 0.2) is 46.9 Å². The molecule has 0 saturated carbocycles. The molecule has 0 unspecified atom stereocenters. The van der Waals surface area contributed by atoms with E-state index in [1.807, 2.05) is 25.1 Å². The number of rotatable bonds is 8. The van der Waals surface area contributed by atoms with Gasteiger partial charge in [0.15, 0.2) is 28.6 Å². The van der Waals surface area contributed by atoms with Crippen LogP contribution in [0.25, 0.3) is 17.0 Å². The number of benzene rings is 2. The number of carbonyl (C=O) groups excluding carboxylic acids is 1. The molecule has 146 valence electrons. The second kappa shape index (κ2) is 8.52. The molecular formula is C22H22O6. The molecule has 6 heteroatoms. The lowest BCUT2D eigenvalue weighted by molar-refractivity contribution is 0.102. The van der Waals surface area contributed by atoms with E-state index in [9.17, 15) is 4.79 Å². The molecule has 1 heterocycles. The number of methoxy groups -OCH3 is 3. The van der Waals surface area contributed by atoms with E-state index in [0.29, 0.717) is 40.8 Å². The first-order valence-corrected chi connectivity index (χ1v) is 8.79. The minimum absolute atomic E-state index is 0.234. The van der Waals surface area contributed by atoms with Gasteiger partial charge in [-0.15, -0.1) is 0 Å². The number of hydrogen-bond donors (Lipinski definition) is 0. The molecule has 0 amide bonds. The summed E-state index contributed by atoms with van der Waals surface area (Å²) in [5.41, 5.74) is 1.24. The fourth-order valence-electron chi connectivity index (χ4n) is 2.86. The number of ketones is 1. The van der Waals surface area contributed by atoms with E-state index in [4.69, 9.17) is 23.4 Å². The third-order valence-electron chi connectivity index (χ3n) is 4.20. The van der Waals surface area contributed by atoms with Crippen LogP contribution in [0.2, 0.25) is 0 Å². The Bertz CT molecular complexity index is 1020. The molecule has 3 aromatic rings. The molecule has 0 N–H and O–H groups in total. The minimum atomic E-state index is -0.268. The van der Waals surface area contributed by atoms with Crippen molar-refractivity contribution >= 4 is 22.8 Å². The molecule has 3 rings (SSSR count). The predicted molar refractivity (Wildman–Crippen MR) is 107 cm³/mol. The van der Waals surface area contributed by atoms with Crippen molar-refractivity contribution in [1.29, 1.82) is 0 Å². The monoisotopic (exact) mass is 382 g/mol. The summed E-state index contributed by atoms with van der Waals surface area (Å²) in [5, 5.41) is 0.811. The summed E-state index contributed by atoms with van der Waals surface area (Å²) in [5.74, 6) is 2.23. The van der Waals surface area contributed by atoms with Crippen molar-refractivity contribution in [2.24, 2.45) is 0 Å². The first-order valence-electron chi connectivity index (χ1n) is 8.79. The Labute approximate surface area is 163 Å². The van der Waals surface area contributed by atoms with Crippen LogP contribution in [0.1, 0.15) is 23.0 Å². The Hall–Kier alpha value is -3.41. The molecule has 0 spiro atoms. The fourth-order valence-corrected chi connectivity index (χ4v) is 2.86. The van der Waals surface area contributed by atoms with Gasteiger partial charge in [0, 0.05) is 17.0 Å². The Morgan fingerprint density at radius 1 is 0.964 bits per heavy atom. The summed E-state index contributed by atoms with van der Waals surface area (Å²) >= 11 is 0. The molecule has 2 aromatic carbocycles. The zero-order chi connectivity index (χ0) is 20.1. The molecule has 0 aliphatic rings. The highest BCUT2D eigenvalue weighted by atomic mass is 16.5. The van der Waals surface area contributed by atoms with Gasteiger partial charge < -0.3 is 23.4 Å². The standard InChI is InChI=1S/C22H22O6/c1-5-27-17-8-6-7-15-12-19(28-22(15)17)16(23)10-9-14-11-20(25-3)21(26-4)13-18(14)24-2/h6-13H,5H2,1-4H3/b10-9+. The summed E-state index contributed by atoms with van der Waals surface area (Å²) in [6.45, 7) is 2.41. The Morgan fingerprint density at radius 2 is 1.68 bits per heavy atom. The summed E-state index contributed by atoms with van der Waals surface area (Å²) in [6, 6.07) is 10.7. The molecule has 6 nitrogen and oxygen atoms in total. The van der Waals surface area contributed by atoms with Crippen LogP contribution in [-0.2, 0) is 0 Å². The Kier molecular flexibility index (Phi) is 5.89. The highest BCUT2D eigenvalue weighted by Crippen LogP contribution is 2.35. The number of ether oxygens (including phenoxy) is 4. The van der Waals surface area contributed by atoms with Crippen molar-refractivity contribution in [3.8, 4) is 23.0 Å². The molecular weight excluding hydrogens is 360 g/mol. The normalized spacial score (nSPS) is 11.0. The van der Waals surface area contributed by atoms with Gasteiger partial charge in [0.1, 0.15) is 5.75 Å². The third kappa shape index (κ3) is 3.81. The van der Waals surface area contributed by atoms with Gasteiger partial charge in [-0.25, -0.2) is 0 Å². The van der Waals surface area contributed by atoms with Gasteiger partial charge in [-0.3, -0.25) is 4.79 Å². The lowest BCUT2D eigenvalue weighted by Gasteiger charge is -2.11. The fraction of sp³-hybridized carbons (Fsp3) is 0.227. The maximum atomic E-state index is 12.6. The van der Waals surface area contributed by atoms with Crippen molar-refractivity contribution in [2.75, 3.05) is 27.9 Å². The number of furan rings is 1. The maximum absolute atomic E-state index is 12.6. The predicted octanol–water partition coefficient (Wildman–Crippen LogP) is 4.75. The number of carbonyl (C=O) groups is 1. The summed E-state index contributed by atoms with van der Waals surface area (Å²) in [7, 11) is 4.65. The number of hydrogen-bond acceptors (Lipinski definition) is 6. The SMILES string of the molecule is CCOc1cccc2cc(C(=O)/C=C/c3cc(OC)c(OC)cc3OC)oc12. The van der Waals surface area contributed by atoms with E-state index in [2.05, 4.69) is 0 Å². The van der Waals surface area contributed by atoms with Gasteiger partial charge in [0.2, 0.25) is 5.78 Å². The molecule has 0 radical (unpaired) electrons. The average molecular weight is 382 g/mol. The van der Waals surface area contributed by atoms with E-state index in [1.165, 1.54) is 6.08 Å². The second-order valence-electron chi connectivity index (χ2n) is 5.86. The van der Waals surface area contributed by atoms with E-state index in [0.717, 1.165) is 5.39 Å². The molecule has 28 heavy (non-hydrogen) atoms. The van der Waals surface area contributed by atoms with Gasteiger partial charge in [-0.1, -0.05) is 12.1 Å². The Balaban J connectivity index is 1.91. The van der Waals surface area contributed by atoms with Crippen LogP contribution in [0.3, 0.4) is 0 Å². The average Bonchev–Trinajstić information content (AvgIpc) is 3.17. The number of fused-ring (bicyclic) bond motifs is 1. The van der Waals surface area contributed by atoms with E-state index < -0.39 is 0 Å². The second-order valence-corrected chi connectivity index (χ2v) is 5.86. The van der Waals surface area contributed by atoms with E-state index in [1.54, 1.807) is 45.6 Å². The first kappa shape index (κ1) is 19.4. The quantitative estimate of drug-likeness (QED) is 0.414. The van der Waals surface area contributed by atoms with Crippen LogP contribution in [-0.4, -0.2) is 33.7 Å². The lowest BCUT2D eigenvalue weighted by atomic mass is 10.1. The van der Waals surface area contributed by atoms with Crippen LogP contribution < -0.4 is 18.9 Å². The zero-order valence-corrected chi connectivity index (χ0v) is 16.3. The van der Waals surface area contributed by atoms with Gasteiger partial charge >= 0.3 is 0 Å². The van der Waals surface area contributed by atoms with Crippen LogP contribution in [0.5, 0.6) is 23.0 Å². The van der Waals surface area contributed by atoms with Crippen molar-refractivity contribution in [3.05, 3.63) is 53.8 Å². The lowest BCUT2D eigenvalue weighted by Crippen LogP contribution is -1.95. The number of para-hydroxylation sites is 1. The van der Waals surface area contributed by atoms with E-state index >= 15 is 0 Å². The van der Waals surface area contributed by atoms with Gasteiger partial charge in [-0.05, 0) is 37.3 Å². The topological polar surface area (TPSA) is 67.1 Å². The highest BCUT2D eigenvalue weighted by molar-refractivity contribution is 6.07.